The molecule has 0 radical (unpaired) electrons. The van der Waals surface area contributed by atoms with Crippen LogP contribution in [0.25, 0.3) is 5.57 Å². The Morgan fingerprint density at radius 2 is 2.06 bits per heavy atom. The van der Waals surface area contributed by atoms with Gasteiger partial charge in [0, 0.05) is 38.0 Å². The maximum absolute atomic E-state index is 13.3. The van der Waals surface area contributed by atoms with E-state index in [1.54, 1.807) is 4.90 Å². The smallest absolute Gasteiger partial charge is 0.280 e. The Labute approximate surface area is 193 Å². The molecule has 12 heteroatoms. The second-order valence-electron chi connectivity index (χ2n) is 7.31. The Hall–Kier alpha value is -3.44. The van der Waals surface area contributed by atoms with Gasteiger partial charge in [0.05, 0.1) is 16.3 Å². The van der Waals surface area contributed by atoms with Crippen LogP contribution in [0.3, 0.4) is 0 Å². The number of pyridine rings is 2. The minimum atomic E-state index is -2.98. The lowest BCUT2D eigenvalue weighted by atomic mass is 10.0. The number of aromatic nitrogens is 2. The van der Waals surface area contributed by atoms with E-state index in [0.717, 1.165) is 18.7 Å². The SMILES string of the molecule is CC(F)(F)c1ccc(N=C(N)N2CC=C(c3ncc(C(=O)N=C(N)CO)cc3Cl)CC2)nc1. The van der Waals surface area contributed by atoms with E-state index >= 15 is 0 Å². The van der Waals surface area contributed by atoms with Crippen molar-refractivity contribution in [2.75, 3.05) is 19.7 Å². The van der Waals surface area contributed by atoms with E-state index in [1.165, 1.54) is 24.4 Å². The first-order valence-corrected chi connectivity index (χ1v) is 10.2. The molecular formula is C21H22ClF2N7O2. The number of hydrogen-bond acceptors (Lipinski definition) is 5. The molecule has 1 amide bonds. The van der Waals surface area contributed by atoms with E-state index in [1.807, 2.05) is 6.08 Å². The predicted octanol–water partition coefficient (Wildman–Crippen LogP) is 2.47. The summed E-state index contributed by atoms with van der Waals surface area (Å²) in [5.41, 5.74) is 12.8. The second kappa shape index (κ2) is 10.0. The number of rotatable bonds is 5. The number of nitrogens with two attached hydrogens (primary N) is 2. The average molecular weight is 478 g/mol. The minimum absolute atomic E-state index is 0.147. The van der Waals surface area contributed by atoms with Crippen molar-refractivity contribution in [1.29, 1.82) is 0 Å². The molecule has 0 aromatic carbocycles. The van der Waals surface area contributed by atoms with Crippen molar-refractivity contribution in [1.82, 2.24) is 14.9 Å². The molecule has 1 aliphatic rings. The standard InChI is InChI=1S/C21H22ClF2N7O2/c1-21(23,24)14-2-3-17(27-10-14)30-20(26)31-6-4-12(5-7-31)18-15(22)8-13(9-28-18)19(33)29-16(25)11-32/h2-4,8-10,32H,5-7,11H2,1H3,(H2,25,29,33)(H2,26,27,30). The maximum atomic E-state index is 13.3. The van der Waals surface area contributed by atoms with E-state index in [4.69, 9.17) is 28.2 Å². The molecule has 3 heterocycles. The summed E-state index contributed by atoms with van der Waals surface area (Å²) in [4.78, 5) is 29.8. The summed E-state index contributed by atoms with van der Waals surface area (Å²) in [5, 5.41) is 9.15. The van der Waals surface area contributed by atoms with Crippen molar-refractivity contribution < 1.29 is 18.7 Å². The van der Waals surface area contributed by atoms with Crippen LogP contribution in [0.1, 0.15) is 35.0 Å². The molecule has 0 spiro atoms. The van der Waals surface area contributed by atoms with Crippen molar-refractivity contribution in [2.24, 2.45) is 21.5 Å². The van der Waals surface area contributed by atoms with E-state index < -0.39 is 18.4 Å². The van der Waals surface area contributed by atoms with Gasteiger partial charge >= 0.3 is 0 Å². The molecule has 5 N–H and O–H groups in total. The molecule has 0 atom stereocenters. The van der Waals surface area contributed by atoms with Crippen molar-refractivity contribution in [3.05, 3.63) is 58.5 Å². The van der Waals surface area contributed by atoms with Crippen LogP contribution in [0.4, 0.5) is 14.6 Å². The zero-order chi connectivity index (χ0) is 24.2. The van der Waals surface area contributed by atoms with Gasteiger partial charge in [-0.15, -0.1) is 0 Å². The number of carbonyl (C=O) groups is 1. The molecule has 0 unspecified atom stereocenters. The van der Waals surface area contributed by atoms with Crippen LogP contribution in [-0.4, -0.2) is 57.4 Å². The summed E-state index contributed by atoms with van der Waals surface area (Å²) in [6.07, 6.45) is 4.86. The van der Waals surface area contributed by atoms with Crippen LogP contribution in [0.5, 0.6) is 0 Å². The molecule has 174 valence electrons. The van der Waals surface area contributed by atoms with Gasteiger partial charge in [0.15, 0.2) is 11.8 Å². The first-order valence-electron chi connectivity index (χ1n) is 9.85. The quantitative estimate of drug-likeness (QED) is 0.443. The Kier molecular flexibility index (Phi) is 7.34. The number of nitrogens with zero attached hydrogens (tertiary/aromatic N) is 5. The number of alkyl halides is 2. The van der Waals surface area contributed by atoms with Gasteiger partial charge in [-0.1, -0.05) is 17.7 Å². The summed E-state index contributed by atoms with van der Waals surface area (Å²) in [7, 11) is 0. The predicted molar refractivity (Wildman–Crippen MR) is 122 cm³/mol. The third-order valence-electron chi connectivity index (χ3n) is 4.82. The number of halogens is 3. The van der Waals surface area contributed by atoms with Gasteiger partial charge in [-0.3, -0.25) is 9.78 Å². The molecule has 0 bridgehead atoms. The van der Waals surface area contributed by atoms with Gasteiger partial charge in [-0.2, -0.15) is 9.98 Å². The molecule has 0 fully saturated rings. The van der Waals surface area contributed by atoms with Crippen LogP contribution < -0.4 is 11.5 Å². The fraction of sp³-hybridized carbons (Fsp3) is 0.286. The largest absolute Gasteiger partial charge is 0.388 e. The summed E-state index contributed by atoms with van der Waals surface area (Å²) in [6, 6.07) is 4.09. The Balaban J connectivity index is 1.70. The summed E-state index contributed by atoms with van der Waals surface area (Å²) < 4.78 is 26.6. The maximum Gasteiger partial charge on any atom is 0.280 e. The Morgan fingerprint density at radius 3 is 2.61 bits per heavy atom. The van der Waals surface area contributed by atoms with Crippen LogP contribution in [0.15, 0.2) is 46.7 Å². The Bertz CT molecular complexity index is 1130. The topological polar surface area (TPSA) is 143 Å². The first-order chi connectivity index (χ1) is 15.6. The highest BCUT2D eigenvalue weighted by Gasteiger charge is 2.24. The van der Waals surface area contributed by atoms with Crippen molar-refractivity contribution in [2.45, 2.75) is 19.3 Å². The van der Waals surface area contributed by atoms with E-state index in [2.05, 4.69) is 20.0 Å². The first kappa shape index (κ1) is 24.2. The number of aliphatic imine (C=N–C) groups is 2. The lowest BCUT2D eigenvalue weighted by Gasteiger charge is -2.27. The zero-order valence-corrected chi connectivity index (χ0v) is 18.4. The summed E-state index contributed by atoms with van der Waals surface area (Å²) in [6.45, 7) is 1.21. The van der Waals surface area contributed by atoms with E-state index in [-0.39, 0.29) is 33.8 Å². The highest BCUT2D eigenvalue weighted by Crippen LogP contribution is 2.29. The third-order valence-corrected chi connectivity index (χ3v) is 5.10. The molecule has 33 heavy (non-hydrogen) atoms. The third kappa shape index (κ3) is 6.08. The molecule has 2 aromatic heterocycles. The van der Waals surface area contributed by atoms with E-state index in [9.17, 15) is 13.6 Å². The van der Waals surface area contributed by atoms with Crippen molar-refractivity contribution >= 4 is 40.7 Å². The lowest BCUT2D eigenvalue weighted by Crippen LogP contribution is -2.39. The normalized spacial score (nSPS) is 15.4. The number of amides is 1. The summed E-state index contributed by atoms with van der Waals surface area (Å²) in [5.74, 6) is -3.41. The molecule has 2 aromatic rings. The van der Waals surface area contributed by atoms with Crippen molar-refractivity contribution in [3.63, 3.8) is 0 Å². The van der Waals surface area contributed by atoms with Gasteiger partial charge < -0.3 is 21.5 Å². The fourth-order valence-electron chi connectivity index (χ4n) is 3.01. The van der Waals surface area contributed by atoms with E-state index in [0.29, 0.717) is 25.2 Å². The molecular weight excluding hydrogens is 456 g/mol. The number of carbonyl (C=O) groups excluding carboxylic acids is 1. The molecule has 9 nitrogen and oxygen atoms in total. The Morgan fingerprint density at radius 1 is 1.30 bits per heavy atom. The van der Waals surface area contributed by atoms with Gasteiger partial charge in [0.1, 0.15) is 12.4 Å². The zero-order valence-electron chi connectivity index (χ0n) is 17.7. The molecule has 0 saturated heterocycles. The number of guanidine groups is 1. The highest BCUT2D eigenvalue weighted by molar-refractivity contribution is 6.32. The van der Waals surface area contributed by atoms with Gasteiger partial charge in [-0.25, -0.2) is 13.8 Å². The van der Waals surface area contributed by atoms with Gasteiger partial charge in [0.2, 0.25) is 0 Å². The molecule has 0 saturated carbocycles. The van der Waals surface area contributed by atoms with Crippen molar-refractivity contribution in [3.8, 4) is 0 Å². The highest BCUT2D eigenvalue weighted by atomic mass is 35.5. The van der Waals surface area contributed by atoms with Crippen LogP contribution >= 0.6 is 11.6 Å². The monoisotopic (exact) mass is 477 g/mol. The van der Waals surface area contributed by atoms with Gasteiger partial charge in [-0.05, 0) is 30.2 Å². The lowest BCUT2D eigenvalue weighted by molar-refractivity contribution is 0.0171. The fourth-order valence-corrected chi connectivity index (χ4v) is 3.30. The minimum Gasteiger partial charge on any atom is -0.388 e. The number of aliphatic hydroxyl groups excluding tert-OH is 1. The number of aliphatic hydroxyl groups is 1. The van der Waals surface area contributed by atoms with Crippen LogP contribution in [-0.2, 0) is 5.92 Å². The number of hydrogen-bond donors (Lipinski definition) is 3. The van der Waals surface area contributed by atoms with Gasteiger partial charge in [0.25, 0.3) is 11.8 Å². The van der Waals surface area contributed by atoms with Crippen LogP contribution in [0, 0.1) is 0 Å². The second-order valence-corrected chi connectivity index (χ2v) is 7.72. The average Bonchev–Trinajstić information content (AvgIpc) is 2.78. The summed E-state index contributed by atoms with van der Waals surface area (Å²) >= 11 is 6.32. The molecule has 3 rings (SSSR count). The van der Waals surface area contributed by atoms with Crippen LogP contribution in [0.2, 0.25) is 5.02 Å². The molecule has 0 aliphatic carbocycles. The number of amidine groups is 1. The molecule has 1 aliphatic heterocycles.